The Morgan fingerprint density at radius 2 is 1.64 bits per heavy atom. The standard InChI is InChI=1S/C18H18N2O5/c1-23-14-4-2-3-12(9-14)19-17(21)11-18(22)20-13-5-6-15-16(10-13)25-8-7-24-15/h2-6,9-10H,7-8,11H2,1H3,(H,19,21)(H,20,22). The lowest BCUT2D eigenvalue weighted by molar-refractivity contribution is -0.123. The summed E-state index contributed by atoms with van der Waals surface area (Å²) in [6.07, 6.45) is -0.300. The Morgan fingerprint density at radius 1 is 0.960 bits per heavy atom. The fourth-order valence-electron chi connectivity index (χ4n) is 2.38. The number of methoxy groups -OCH3 is 1. The van der Waals surface area contributed by atoms with Crippen LogP contribution >= 0.6 is 0 Å². The van der Waals surface area contributed by atoms with E-state index in [-0.39, 0.29) is 6.42 Å². The zero-order chi connectivity index (χ0) is 17.6. The van der Waals surface area contributed by atoms with Gasteiger partial charge in [0.15, 0.2) is 11.5 Å². The molecule has 0 bridgehead atoms. The number of rotatable bonds is 5. The molecule has 0 aromatic heterocycles. The molecule has 0 aliphatic carbocycles. The molecule has 0 saturated heterocycles. The van der Waals surface area contributed by atoms with E-state index in [2.05, 4.69) is 10.6 Å². The second-order valence-corrected chi connectivity index (χ2v) is 5.36. The molecule has 7 nitrogen and oxygen atoms in total. The summed E-state index contributed by atoms with van der Waals surface area (Å²) in [4.78, 5) is 24.0. The van der Waals surface area contributed by atoms with Crippen LogP contribution < -0.4 is 24.8 Å². The van der Waals surface area contributed by atoms with Crippen LogP contribution in [0.4, 0.5) is 11.4 Å². The molecule has 1 heterocycles. The van der Waals surface area contributed by atoms with Crippen molar-refractivity contribution in [3.8, 4) is 17.2 Å². The molecule has 3 rings (SSSR count). The van der Waals surface area contributed by atoms with E-state index in [1.54, 1.807) is 49.6 Å². The van der Waals surface area contributed by atoms with Crippen LogP contribution in [0.25, 0.3) is 0 Å². The SMILES string of the molecule is COc1cccc(NC(=O)CC(=O)Nc2ccc3c(c2)OCCO3)c1. The van der Waals surface area contributed by atoms with Crippen LogP contribution in [-0.4, -0.2) is 32.1 Å². The molecule has 2 N–H and O–H groups in total. The first-order chi connectivity index (χ1) is 12.1. The molecule has 25 heavy (non-hydrogen) atoms. The molecule has 0 spiro atoms. The molecule has 0 saturated carbocycles. The monoisotopic (exact) mass is 342 g/mol. The predicted molar refractivity (Wildman–Crippen MR) is 92.3 cm³/mol. The molecule has 2 aromatic rings. The normalized spacial score (nSPS) is 12.2. The van der Waals surface area contributed by atoms with Gasteiger partial charge < -0.3 is 24.8 Å². The molecule has 2 aromatic carbocycles. The second kappa shape index (κ2) is 7.57. The van der Waals surface area contributed by atoms with Gasteiger partial charge in [0, 0.05) is 23.5 Å². The van der Waals surface area contributed by atoms with Gasteiger partial charge >= 0.3 is 0 Å². The lowest BCUT2D eigenvalue weighted by Crippen LogP contribution is -2.21. The molecule has 0 fully saturated rings. The van der Waals surface area contributed by atoms with E-state index in [1.165, 1.54) is 0 Å². The highest BCUT2D eigenvalue weighted by Crippen LogP contribution is 2.32. The van der Waals surface area contributed by atoms with Crippen molar-refractivity contribution >= 4 is 23.2 Å². The van der Waals surface area contributed by atoms with Gasteiger partial charge in [0.2, 0.25) is 11.8 Å². The fraction of sp³-hybridized carbons (Fsp3) is 0.222. The number of nitrogens with one attached hydrogen (secondary N) is 2. The van der Waals surface area contributed by atoms with Gasteiger partial charge in [0.1, 0.15) is 25.4 Å². The van der Waals surface area contributed by atoms with Crippen LogP contribution in [0.3, 0.4) is 0 Å². The van der Waals surface area contributed by atoms with Gasteiger partial charge in [-0.1, -0.05) is 6.07 Å². The van der Waals surface area contributed by atoms with Crippen molar-refractivity contribution in [2.45, 2.75) is 6.42 Å². The Morgan fingerprint density at radius 3 is 2.36 bits per heavy atom. The number of carbonyl (C=O) groups is 2. The molecular formula is C18H18N2O5. The van der Waals surface area contributed by atoms with Crippen molar-refractivity contribution in [3.05, 3.63) is 42.5 Å². The van der Waals surface area contributed by atoms with E-state index in [0.717, 1.165) is 0 Å². The molecule has 0 unspecified atom stereocenters. The summed E-state index contributed by atoms with van der Waals surface area (Å²) in [5.74, 6) is 1.00. The zero-order valence-corrected chi connectivity index (χ0v) is 13.7. The summed E-state index contributed by atoms with van der Waals surface area (Å²) < 4.78 is 16.0. The second-order valence-electron chi connectivity index (χ2n) is 5.36. The van der Waals surface area contributed by atoms with Crippen molar-refractivity contribution < 1.29 is 23.8 Å². The van der Waals surface area contributed by atoms with E-state index in [4.69, 9.17) is 14.2 Å². The Kier molecular flexibility index (Phi) is 5.03. The lowest BCUT2D eigenvalue weighted by Gasteiger charge is -2.19. The first-order valence-corrected chi connectivity index (χ1v) is 7.77. The van der Waals surface area contributed by atoms with Gasteiger partial charge in [-0.3, -0.25) is 9.59 Å². The first-order valence-electron chi connectivity index (χ1n) is 7.77. The summed E-state index contributed by atoms with van der Waals surface area (Å²) in [6, 6.07) is 12.0. The smallest absolute Gasteiger partial charge is 0.233 e. The minimum Gasteiger partial charge on any atom is -0.497 e. The molecule has 2 amide bonds. The summed E-state index contributed by atoms with van der Waals surface area (Å²) in [7, 11) is 1.54. The fourth-order valence-corrected chi connectivity index (χ4v) is 2.38. The van der Waals surface area contributed by atoms with E-state index in [0.29, 0.717) is 41.8 Å². The van der Waals surface area contributed by atoms with Crippen LogP contribution in [0.15, 0.2) is 42.5 Å². The van der Waals surface area contributed by atoms with Gasteiger partial charge in [0.25, 0.3) is 0 Å². The Balaban J connectivity index is 1.55. The van der Waals surface area contributed by atoms with Gasteiger partial charge in [-0.2, -0.15) is 0 Å². The van der Waals surface area contributed by atoms with Crippen molar-refractivity contribution in [1.82, 2.24) is 0 Å². The number of anilines is 2. The van der Waals surface area contributed by atoms with Crippen molar-refractivity contribution in [2.24, 2.45) is 0 Å². The number of hydrogen-bond acceptors (Lipinski definition) is 5. The topological polar surface area (TPSA) is 85.9 Å². The highest BCUT2D eigenvalue weighted by atomic mass is 16.6. The number of carbonyl (C=O) groups excluding carboxylic acids is 2. The van der Waals surface area contributed by atoms with Crippen LogP contribution in [0, 0.1) is 0 Å². The molecular weight excluding hydrogens is 324 g/mol. The van der Waals surface area contributed by atoms with Crippen LogP contribution in [0.5, 0.6) is 17.2 Å². The quantitative estimate of drug-likeness (QED) is 0.815. The maximum absolute atomic E-state index is 12.0. The summed E-state index contributed by atoms with van der Waals surface area (Å²) >= 11 is 0. The molecule has 7 heteroatoms. The summed E-state index contributed by atoms with van der Waals surface area (Å²) in [5.41, 5.74) is 1.11. The summed E-state index contributed by atoms with van der Waals surface area (Å²) in [6.45, 7) is 0.969. The predicted octanol–water partition coefficient (Wildman–Crippen LogP) is 2.43. The largest absolute Gasteiger partial charge is 0.497 e. The molecule has 130 valence electrons. The zero-order valence-electron chi connectivity index (χ0n) is 13.7. The number of benzene rings is 2. The Labute approximate surface area is 144 Å². The van der Waals surface area contributed by atoms with Crippen molar-refractivity contribution in [3.63, 3.8) is 0 Å². The number of amides is 2. The molecule has 1 aliphatic heterocycles. The van der Waals surface area contributed by atoms with Gasteiger partial charge in [-0.15, -0.1) is 0 Å². The average molecular weight is 342 g/mol. The minimum absolute atomic E-state index is 0.300. The first kappa shape index (κ1) is 16.6. The van der Waals surface area contributed by atoms with Gasteiger partial charge in [-0.05, 0) is 24.3 Å². The average Bonchev–Trinajstić information content (AvgIpc) is 2.61. The van der Waals surface area contributed by atoms with Gasteiger partial charge in [0.05, 0.1) is 7.11 Å². The third-order valence-electron chi connectivity index (χ3n) is 3.50. The number of ether oxygens (including phenoxy) is 3. The van der Waals surface area contributed by atoms with Crippen molar-refractivity contribution in [1.29, 1.82) is 0 Å². The molecule has 1 aliphatic rings. The highest BCUT2D eigenvalue weighted by Gasteiger charge is 2.14. The number of fused-ring (bicyclic) bond motifs is 1. The van der Waals surface area contributed by atoms with Crippen LogP contribution in [0.1, 0.15) is 6.42 Å². The lowest BCUT2D eigenvalue weighted by atomic mass is 10.2. The van der Waals surface area contributed by atoms with Crippen LogP contribution in [0.2, 0.25) is 0 Å². The van der Waals surface area contributed by atoms with Gasteiger partial charge in [-0.25, -0.2) is 0 Å². The number of hydrogen-bond donors (Lipinski definition) is 2. The molecule has 0 atom stereocenters. The van der Waals surface area contributed by atoms with E-state index in [1.807, 2.05) is 0 Å². The minimum atomic E-state index is -0.419. The van der Waals surface area contributed by atoms with E-state index in [9.17, 15) is 9.59 Å². The van der Waals surface area contributed by atoms with Crippen molar-refractivity contribution in [2.75, 3.05) is 31.0 Å². The third-order valence-corrected chi connectivity index (χ3v) is 3.50. The third kappa shape index (κ3) is 4.41. The van der Waals surface area contributed by atoms with Crippen LogP contribution in [-0.2, 0) is 9.59 Å². The Bertz CT molecular complexity index is 791. The highest BCUT2D eigenvalue weighted by molar-refractivity contribution is 6.08. The summed E-state index contributed by atoms with van der Waals surface area (Å²) in [5, 5.41) is 5.33. The van der Waals surface area contributed by atoms with E-state index >= 15 is 0 Å². The molecule has 0 radical (unpaired) electrons. The maximum atomic E-state index is 12.0. The Hall–Kier alpha value is -3.22. The van der Waals surface area contributed by atoms with E-state index < -0.39 is 11.8 Å². The maximum Gasteiger partial charge on any atom is 0.233 e.